The highest BCUT2D eigenvalue weighted by Gasteiger charge is 2.11. The molecule has 1 aromatic heterocycles. The Labute approximate surface area is 90.7 Å². The van der Waals surface area contributed by atoms with E-state index in [1.54, 1.807) is 5.57 Å². The molecule has 1 aliphatic carbocycles. The van der Waals surface area contributed by atoms with Crippen molar-refractivity contribution in [1.29, 1.82) is 0 Å². The lowest BCUT2D eigenvalue weighted by atomic mass is 10.0. The van der Waals surface area contributed by atoms with E-state index < -0.39 is 0 Å². The molecule has 1 aromatic rings. The van der Waals surface area contributed by atoms with Gasteiger partial charge in [0.05, 0.1) is 0 Å². The molecule has 0 spiro atoms. The molecule has 1 unspecified atom stereocenters. The molecule has 2 rings (SSSR count). The predicted octanol–water partition coefficient (Wildman–Crippen LogP) is 4.74. The minimum absolute atomic E-state index is 0.683. The average molecular weight is 206 g/mol. The van der Waals surface area contributed by atoms with Crippen LogP contribution in [0.15, 0.2) is 29.2 Å². The van der Waals surface area contributed by atoms with E-state index in [0.717, 1.165) is 0 Å². The van der Waals surface area contributed by atoms with E-state index in [2.05, 4.69) is 30.5 Å². The van der Waals surface area contributed by atoms with Gasteiger partial charge < -0.3 is 0 Å². The third kappa shape index (κ3) is 2.27. The molecule has 0 radical (unpaired) electrons. The molecule has 1 heteroatoms. The summed E-state index contributed by atoms with van der Waals surface area (Å²) in [6.45, 7) is 2.29. The van der Waals surface area contributed by atoms with Gasteiger partial charge in [0.2, 0.25) is 0 Å². The zero-order chi connectivity index (χ0) is 9.80. The van der Waals surface area contributed by atoms with Crippen LogP contribution in [0.3, 0.4) is 0 Å². The molecule has 1 fully saturated rings. The van der Waals surface area contributed by atoms with Crippen molar-refractivity contribution in [2.45, 2.75) is 44.9 Å². The molecule has 0 N–H and O–H groups in total. The highest BCUT2D eigenvalue weighted by Crippen LogP contribution is 2.31. The Morgan fingerprint density at radius 1 is 1.43 bits per heavy atom. The average Bonchev–Trinajstić information content (AvgIpc) is 2.86. The molecule has 1 aliphatic rings. The minimum atomic E-state index is 0.683. The fourth-order valence-corrected chi connectivity index (χ4v) is 3.06. The summed E-state index contributed by atoms with van der Waals surface area (Å²) in [5, 5.41) is 2.19. The van der Waals surface area contributed by atoms with Gasteiger partial charge in [-0.3, -0.25) is 0 Å². The van der Waals surface area contributed by atoms with Crippen molar-refractivity contribution < 1.29 is 0 Å². The second-order valence-corrected chi connectivity index (χ2v) is 5.04. The van der Waals surface area contributed by atoms with Crippen molar-refractivity contribution in [3.8, 4) is 0 Å². The second-order valence-electron chi connectivity index (χ2n) is 4.06. The van der Waals surface area contributed by atoms with E-state index in [4.69, 9.17) is 0 Å². The summed E-state index contributed by atoms with van der Waals surface area (Å²) in [5.41, 5.74) is 1.70. The van der Waals surface area contributed by atoms with Crippen molar-refractivity contribution in [3.05, 3.63) is 34.0 Å². The van der Waals surface area contributed by atoms with Gasteiger partial charge in [0.1, 0.15) is 0 Å². The van der Waals surface area contributed by atoms with Gasteiger partial charge in [-0.15, -0.1) is 11.3 Å². The zero-order valence-corrected chi connectivity index (χ0v) is 9.65. The van der Waals surface area contributed by atoms with Gasteiger partial charge in [-0.25, -0.2) is 0 Å². The summed E-state index contributed by atoms with van der Waals surface area (Å²) < 4.78 is 0. The molecular weight excluding hydrogens is 188 g/mol. The van der Waals surface area contributed by atoms with Crippen molar-refractivity contribution in [1.82, 2.24) is 0 Å². The standard InChI is InChI=1S/C13H18S/c1-2-12(13-8-5-9-14-13)10-11-6-3-4-7-11/h5,8-10,12H,2-4,6-7H2,1H3. The van der Waals surface area contributed by atoms with E-state index in [0.29, 0.717) is 5.92 Å². The molecule has 0 nitrogen and oxygen atoms in total. The Balaban J connectivity index is 2.10. The maximum atomic E-state index is 2.53. The van der Waals surface area contributed by atoms with Gasteiger partial charge in [-0.1, -0.05) is 24.6 Å². The number of allylic oxidation sites excluding steroid dienone is 2. The molecular formula is C13H18S. The molecule has 0 aliphatic heterocycles. The highest BCUT2D eigenvalue weighted by atomic mass is 32.1. The van der Waals surface area contributed by atoms with E-state index in [-0.39, 0.29) is 0 Å². The second kappa shape index (κ2) is 4.79. The molecule has 1 atom stereocenters. The molecule has 0 saturated heterocycles. The topological polar surface area (TPSA) is 0 Å². The number of thiophene rings is 1. The minimum Gasteiger partial charge on any atom is -0.148 e. The first-order valence-electron chi connectivity index (χ1n) is 5.63. The molecule has 0 bridgehead atoms. The fraction of sp³-hybridized carbons (Fsp3) is 0.538. The predicted molar refractivity (Wildman–Crippen MR) is 63.9 cm³/mol. The SMILES string of the molecule is CCC(C=C1CCCC1)c1cccs1. The quantitative estimate of drug-likeness (QED) is 0.626. The Bertz CT molecular complexity index is 287. The largest absolute Gasteiger partial charge is 0.148 e. The Kier molecular flexibility index (Phi) is 3.41. The van der Waals surface area contributed by atoms with Gasteiger partial charge in [-0.05, 0) is 43.6 Å². The van der Waals surface area contributed by atoms with Crippen molar-refractivity contribution >= 4 is 11.3 Å². The van der Waals surface area contributed by atoms with Crippen LogP contribution < -0.4 is 0 Å². The normalized spacial score (nSPS) is 18.5. The summed E-state index contributed by atoms with van der Waals surface area (Å²) in [5.74, 6) is 0.683. The van der Waals surface area contributed by atoms with Crippen molar-refractivity contribution in [3.63, 3.8) is 0 Å². The highest BCUT2D eigenvalue weighted by molar-refractivity contribution is 7.10. The van der Waals surface area contributed by atoms with Gasteiger partial charge >= 0.3 is 0 Å². The van der Waals surface area contributed by atoms with Crippen LogP contribution in [0.1, 0.15) is 49.8 Å². The monoisotopic (exact) mass is 206 g/mol. The third-order valence-electron chi connectivity index (χ3n) is 3.03. The first-order valence-corrected chi connectivity index (χ1v) is 6.51. The first kappa shape index (κ1) is 9.97. The summed E-state index contributed by atoms with van der Waals surface area (Å²) in [6.07, 6.45) is 9.28. The van der Waals surface area contributed by atoms with Crippen LogP contribution in [0.4, 0.5) is 0 Å². The molecule has 14 heavy (non-hydrogen) atoms. The number of hydrogen-bond donors (Lipinski definition) is 0. The molecule has 0 aromatic carbocycles. The van der Waals surface area contributed by atoms with Crippen molar-refractivity contribution in [2.75, 3.05) is 0 Å². The lowest BCUT2D eigenvalue weighted by Crippen LogP contribution is -1.90. The van der Waals surface area contributed by atoms with E-state index in [1.807, 2.05) is 11.3 Å². The fourth-order valence-electron chi connectivity index (χ4n) is 2.18. The molecule has 1 heterocycles. The maximum Gasteiger partial charge on any atom is 0.0114 e. The van der Waals surface area contributed by atoms with Crippen LogP contribution >= 0.6 is 11.3 Å². The van der Waals surface area contributed by atoms with Gasteiger partial charge in [0, 0.05) is 10.8 Å². The van der Waals surface area contributed by atoms with E-state index >= 15 is 0 Å². The van der Waals surface area contributed by atoms with Crippen LogP contribution in [0.25, 0.3) is 0 Å². The Morgan fingerprint density at radius 3 is 2.79 bits per heavy atom. The van der Waals surface area contributed by atoms with Gasteiger partial charge in [-0.2, -0.15) is 0 Å². The summed E-state index contributed by atoms with van der Waals surface area (Å²) in [6, 6.07) is 4.43. The van der Waals surface area contributed by atoms with E-state index in [9.17, 15) is 0 Å². The van der Waals surface area contributed by atoms with E-state index in [1.165, 1.54) is 37.0 Å². The van der Waals surface area contributed by atoms with Crippen molar-refractivity contribution in [2.24, 2.45) is 0 Å². The number of rotatable bonds is 3. The molecule has 0 amide bonds. The maximum absolute atomic E-state index is 2.53. The summed E-state index contributed by atoms with van der Waals surface area (Å²) >= 11 is 1.89. The van der Waals surface area contributed by atoms with Crippen LogP contribution in [-0.2, 0) is 0 Å². The van der Waals surface area contributed by atoms with Crippen LogP contribution in [0, 0.1) is 0 Å². The van der Waals surface area contributed by atoms with Gasteiger partial charge in [0.25, 0.3) is 0 Å². The van der Waals surface area contributed by atoms with Crippen LogP contribution in [0.2, 0.25) is 0 Å². The molecule has 76 valence electrons. The first-order chi connectivity index (χ1) is 6.90. The Hall–Kier alpha value is -0.560. The summed E-state index contributed by atoms with van der Waals surface area (Å²) in [7, 11) is 0. The number of hydrogen-bond acceptors (Lipinski definition) is 1. The summed E-state index contributed by atoms with van der Waals surface area (Å²) in [4.78, 5) is 1.53. The smallest absolute Gasteiger partial charge is 0.0114 e. The third-order valence-corrected chi connectivity index (χ3v) is 4.04. The van der Waals surface area contributed by atoms with Crippen LogP contribution in [-0.4, -0.2) is 0 Å². The lowest BCUT2D eigenvalue weighted by molar-refractivity contribution is 0.807. The van der Waals surface area contributed by atoms with Crippen LogP contribution in [0.5, 0.6) is 0 Å². The lowest BCUT2D eigenvalue weighted by Gasteiger charge is -2.08. The Morgan fingerprint density at radius 2 is 2.21 bits per heavy atom. The zero-order valence-electron chi connectivity index (χ0n) is 8.83. The van der Waals surface area contributed by atoms with Gasteiger partial charge in [0.15, 0.2) is 0 Å². The molecule has 1 saturated carbocycles.